The van der Waals surface area contributed by atoms with Crippen molar-refractivity contribution in [2.24, 2.45) is 23.2 Å². The molecular weight excluding hydrogens is 384 g/mol. The number of benzene rings is 1. The van der Waals surface area contributed by atoms with Crippen LogP contribution in [-0.4, -0.2) is 23.4 Å². The molecule has 154 valence electrons. The number of nitrogens with one attached hydrogen (secondary N) is 1. The number of fused-ring (bicyclic) bond motifs is 1. The Labute approximate surface area is 175 Å². The van der Waals surface area contributed by atoms with Crippen molar-refractivity contribution in [2.75, 3.05) is 6.54 Å². The number of hydrogen-bond donors (Lipinski definition) is 1. The zero-order valence-electron chi connectivity index (χ0n) is 16.7. The Morgan fingerprint density at radius 3 is 2.48 bits per heavy atom. The van der Waals surface area contributed by atoms with Gasteiger partial charge >= 0.3 is 5.97 Å². The summed E-state index contributed by atoms with van der Waals surface area (Å²) >= 11 is 1.55. The lowest BCUT2D eigenvalue weighted by Gasteiger charge is -2.55. The average molecular weight is 413 g/mol. The molecule has 0 aliphatic heterocycles. The molecule has 1 aromatic carbocycles. The normalized spacial score (nSPS) is 29.9. The molecule has 1 aromatic heterocycles. The summed E-state index contributed by atoms with van der Waals surface area (Å²) in [6, 6.07) is 7.91. The number of rotatable bonds is 7. The highest BCUT2D eigenvalue weighted by Crippen LogP contribution is 2.60. The van der Waals surface area contributed by atoms with E-state index in [0.717, 1.165) is 52.2 Å². The quantitative estimate of drug-likeness (QED) is 0.539. The van der Waals surface area contributed by atoms with Crippen molar-refractivity contribution in [1.82, 2.24) is 10.3 Å². The predicted molar refractivity (Wildman–Crippen MR) is 112 cm³/mol. The number of carbonyl (C=O) groups excluding carboxylic acids is 2. The second-order valence-corrected chi connectivity index (χ2v) is 10.4. The number of carbonyl (C=O) groups is 2. The molecule has 0 unspecified atom stereocenters. The molecule has 4 saturated carbocycles. The summed E-state index contributed by atoms with van der Waals surface area (Å²) in [7, 11) is 0. The van der Waals surface area contributed by atoms with Gasteiger partial charge in [-0.25, -0.2) is 4.98 Å². The first-order valence-electron chi connectivity index (χ1n) is 10.9. The van der Waals surface area contributed by atoms with E-state index in [1.165, 1.54) is 19.3 Å². The van der Waals surface area contributed by atoms with Crippen LogP contribution in [0.5, 0.6) is 0 Å². The molecular formula is C23H28N2O3S. The molecule has 1 N–H and O–H groups in total. The Morgan fingerprint density at radius 2 is 1.79 bits per heavy atom. The molecule has 4 aliphatic rings. The van der Waals surface area contributed by atoms with Crippen molar-refractivity contribution < 1.29 is 14.3 Å². The molecule has 6 rings (SSSR count). The van der Waals surface area contributed by atoms with Crippen molar-refractivity contribution in [1.29, 1.82) is 0 Å². The van der Waals surface area contributed by atoms with Gasteiger partial charge in [0, 0.05) is 18.4 Å². The summed E-state index contributed by atoms with van der Waals surface area (Å²) < 4.78 is 6.46. The van der Waals surface area contributed by atoms with Crippen LogP contribution in [0.4, 0.5) is 0 Å². The van der Waals surface area contributed by atoms with Crippen LogP contribution in [0.2, 0.25) is 0 Å². The Balaban J connectivity index is 1.04. The number of ether oxygens (including phenoxy) is 1. The largest absolute Gasteiger partial charge is 0.458 e. The maximum atomic E-state index is 12.9. The molecule has 2 aromatic rings. The topological polar surface area (TPSA) is 68.3 Å². The minimum absolute atomic E-state index is 0.109. The van der Waals surface area contributed by atoms with E-state index in [4.69, 9.17) is 4.74 Å². The summed E-state index contributed by atoms with van der Waals surface area (Å²) in [6.45, 7) is 0.772. The molecule has 0 saturated heterocycles. The number of amides is 1. The first kappa shape index (κ1) is 19.0. The number of esters is 1. The third-order valence-corrected chi connectivity index (χ3v) is 8.07. The van der Waals surface area contributed by atoms with Gasteiger partial charge in [0.1, 0.15) is 11.6 Å². The van der Waals surface area contributed by atoms with Gasteiger partial charge in [-0.05, 0) is 74.8 Å². The second-order valence-electron chi connectivity index (χ2n) is 9.29. The van der Waals surface area contributed by atoms with Gasteiger partial charge in [0.25, 0.3) is 0 Å². The van der Waals surface area contributed by atoms with Crippen LogP contribution in [0.25, 0.3) is 10.2 Å². The zero-order valence-corrected chi connectivity index (χ0v) is 17.5. The van der Waals surface area contributed by atoms with E-state index >= 15 is 0 Å². The Hall–Kier alpha value is -1.95. The lowest BCUT2D eigenvalue weighted by atomic mass is 9.49. The second kappa shape index (κ2) is 7.71. The van der Waals surface area contributed by atoms with E-state index in [1.807, 2.05) is 24.3 Å². The van der Waals surface area contributed by atoms with Crippen molar-refractivity contribution in [3.63, 3.8) is 0 Å². The fourth-order valence-corrected chi connectivity index (χ4v) is 7.09. The van der Waals surface area contributed by atoms with E-state index in [1.54, 1.807) is 11.3 Å². The van der Waals surface area contributed by atoms with Gasteiger partial charge in [0.05, 0.1) is 10.2 Å². The van der Waals surface area contributed by atoms with Gasteiger partial charge in [-0.2, -0.15) is 0 Å². The fourth-order valence-electron chi connectivity index (χ4n) is 6.21. The van der Waals surface area contributed by atoms with Crippen LogP contribution in [0.1, 0.15) is 56.4 Å². The van der Waals surface area contributed by atoms with Crippen LogP contribution >= 0.6 is 11.3 Å². The molecule has 0 radical (unpaired) electrons. The Kier molecular flexibility index (Phi) is 5.06. The molecule has 6 heteroatoms. The van der Waals surface area contributed by atoms with Crippen LogP contribution in [0.3, 0.4) is 0 Å². The molecule has 5 nitrogen and oxygen atoms in total. The van der Waals surface area contributed by atoms with Gasteiger partial charge in [-0.1, -0.05) is 12.1 Å². The minimum atomic E-state index is -0.228. The molecule has 1 heterocycles. The Bertz CT molecular complexity index is 853. The highest BCUT2D eigenvalue weighted by Gasteiger charge is 2.54. The number of hydrogen-bond acceptors (Lipinski definition) is 5. The first-order chi connectivity index (χ1) is 14.1. The van der Waals surface area contributed by atoms with E-state index < -0.39 is 0 Å². The van der Waals surface area contributed by atoms with Crippen LogP contribution in [-0.2, 0) is 20.9 Å². The van der Waals surface area contributed by atoms with Crippen molar-refractivity contribution in [3.05, 3.63) is 29.3 Å². The van der Waals surface area contributed by atoms with E-state index in [0.29, 0.717) is 19.4 Å². The lowest BCUT2D eigenvalue weighted by molar-refractivity contribution is -0.147. The van der Waals surface area contributed by atoms with Crippen molar-refractivity contribution >= 4 is 33.4 Å². The van der Waals surface area contributed by atoms with Gasteiger partial charge in [-0.3, -0.25) is 9.59 Å². The number of para-hydroxylation sites is 1. The zero-order chi connectivity index (χ0) is 19.8. The fraction of sp³-hybridized carbons (Fsp3) is 0.609. The van der Waals surface area contributed by atoms with E-state index in [9.17, 15) is 9.59 Å². The molecule has 4 fully saturated rings. The number of nitrogens with zero attached hydrogens (tertiary/aromatic N) is 1. The smallest absolute Gasteiger partial charge is 0.306 e. The predicted octanol–water partition coefficient (Wildman–Crippen LogP) is 4.45. The van der Waals surface area contributed by atoms with Crippen LogP contribution in [0, 0.1) is 23.2 Å². The van der Waals surface area contributed by atoms with Crippen LogP contribution < -0.4 is 5.32 Å². The lowest BCUT2D eigenvalue weighted by Crippen LogP contribution is -2.53. The van der Waals surface area contributed by atoms with Gasteiger partial charge in [-0.15, -0.1) is 11.3 Å². The summed E-state index contributed by atoms with van der Waals surface area (Å²) in [5.41, 5.74) is 0.832. The highest BCUT2D eigenvalue weighted by atomic mass is 32.1. The summed E-state index contributed by atoms with van der Waals surface area (Å²) in [6.07, 6.45) is 8.20. The summed E-state index contributed by atoms with van der Waals surface area (Å²) in [5, 5.41) is 3.94. The molecule has 4 aliphatic carbocycles. The number of aromatic nitrogens is 1. The van der Waals surface area contributed by atoms with Crippen molar-refractivity contribution in [2.45, 2.75) is 58.0 Å². The molecule has 0 spiro atoms. The van der Waals surface area contributed by atoms with Gasteiger partial charge < -0.3 is 10.1 Å². The Morgan fingerprint density at radius 1 is 1.10 bits per heavy atom. The standard InChI is InChI=1S/C23H28N2O3S/c26-21(28-14-20-25-18-4-1-2-5-19(18)29-20)6-3-7-24-22(27)23-11-15-8-16(12-23)10-17(9-15)13-23/h1-2,4-5,15-17H,3,6-14H2,(H,24,27). The maximum Gasteiger partial charge on any atom is 0.306 e. The summed E-state index contributed by atoms with van der Waals surface area (Å²) in [4.78, 5) is 29.4. The van der Waals surface area contributed by atoms with Crippen molar-refractivity contribution in [3.8, 4) is 0 Å². The minimum Gasteiger partial charge on any atom is -0.458 e. The number of thiazole rings is 1. The summed E-state index contributed by atoms with van der Waals surface area (Å²) in [5.74, 6) is 2.31. The van der Waals surface area contributed by atoms with Gasteiger partial charge in [0.2, 0.25) is 5.91 Å². The van der Waals surface area contributed by atoms with Gasteiger partial charge in [0.15, 0.2) is 0 Å². The highest BCUT2D eigenvalue weighted by molar-refractivity contribution is 7.18. The third kappa shape index (κ3) is 3.91. The molecule has 1 amide bonds. The SMILES string of the molecule is O=C(CCCNC(=O)C12CC3CC(CC(C3)C1)C2)OCc1nc2ccccc2s1. The molecule has 4 bridgehead atoms. The van der Waals surface area contributed by atoms with Crippen LogP contribution in [0.15, 0.2) is 24.3 Å². The molecule has 29 heavy (non-hydrogen) atoms. The molecule has 0 atom stereocenters. The van der Waals surface area contributed by atoms with E-state index in [2.05, 4.69) is 10.3 Å². The first-order valence-corrected chi connectivity index (χ1v) is 11.7. The van der Waals surface area contributed by atoms with E-state index in [-0.39, 0.29) is 23.9 Å². The average Bonchev–Trinajstić information content (AvgIpc) is 3.11. The maximum absolute atomic E-state index is 12.9. The third-order valence-electron chi connectivity index (χ3n) is 7.06. The monoisotopic (exact) mass is 412 g/mol.